The van der Waals surface area contributed by atoms with Crippen molar-refractivity contribution in [3.8, 4) is 0 Å². The highest BCUT2D eigenvalue weighted by molar-refractivity contribution is 5.70. The van der Waals surface area contributed by atoms with Crippen LogP contribution in [0.5, 0.6) is 0 Å². The second-order valence-corrected chi connectivity index (χ2v) is 15.3. The Kier molecular flexibility index (Phi) is 44.5. The van der Waals surface area contributed by atoms with Crippen LogP contribution in [0.4, 0.5) is 0 Å². The van der Waals surface area contributed by atoms with E-state index in [4.69, 9.17) is 14.2 Å². The second kappa shape index (κ2) is 46.7. The molecule has 0 saturated heterocycles. The molecule has 0 heterocycles. The molecule has 322 valence electrons. The van der Waals surface area contributed by atoms with E-state index >= 15 is 0 Å². The van der Waals surface area contributed by atoms with E-state index in [-0.39, 0.29) is 25.2 Å². The standard InChI is InChI=1S/C51H88O5/c1-4-7-10-13-16-19-22-24-25-26-28-31-34-37-40-43-46-54-47-49(56-51(53)45-42-39-36-33-29-21-18-15-12-9-6-3)48-55-50(52)44-41-38-35-32-30-27-23-20-17-14-11-8-5-2/h7,10,15-16,18-20,23-25,28,31,49H,4-6,8-9,11-14,17,21-22,26-27,29-30,32-48H2,1-3H3/b10-7-,18-15-,19-16-,23-20-,25-24-,31-28-. The summed E-state index contributed by atoms with van der Waals surface area (Å²) in [6.07, 6.45) is 59.0. The van der Waals surface area contributed by atoms with E-state index in [0.717, 1.165) is 103 Å². The number of hydrogen-bond donors (Lipinski definition) is 0. The van der Waals surface area contributed by atoms with Gasteiger partial charge in [0.05, 0.1) is 6.61 Å². The van der Waals surface area contributed by atoms with E-state index in [1.165, 1.54) is 77.0 Å². The fraction of sp³-hybridized carbons (Fsp3) is 0.725. The Balaban J connectivity index is 4.34. The van der Waals surface area contributed by atoms with Crippen LogP contribution in [0.1, 0.15) is 213 Å². The van der Waals surface area contributed by atoms with Crippen LogP contribution in [0.2, 0.25) is 0 Å². The Labute approximate surface area is 347 Å². The zero-order valence-corrected chi connectivity index (χ0v) is 36.9. The predicted molar refractivity (Wildman–Crippen MR) is 242 cm³/mol. The molecule has 0 amide bonds. The van der Waals surface area contributed by atoms with Crippen molar-refractivity contribution in [3.63, 3.8) is 0 Å². The molecule has 1 atom stereocenters. The van der Waals surface area contributed by atoms with E-state index in [2.05, 4.69) is 93.7 Å². The van der Waals surface area contributed by atoms with Crippen molar-refractivity contribution >= 4 is 11.9 Å². The summed E-state index contributed by atoms with van der Waals surface area (Å²) < 4.78 is 17.3. The summed E-state index contributed by atoms with van der Waals surface area (Å²) in [5.74, 6) is -0.439. The van der Waals surface area contributed by atoms with Gasteiger partial charge in [-0.05, 0) is 103 Å². The van der Waals surface area contributed by atoms with Crippen LogP contribution in [0.15, 0.2) is 72.9 Å². The molecule has 0 aromatic carbocycles. The zero-order valence-electron chi connectivity index (χ0n) is 36.9. The molecule has 1 unspecified atom stereocenters. The molecule has 0 N–H and O–H groups in total. The largest absolute Gasteiger partial charge is 0.462 e. The predicted octanol–water partition coefficient (Wildman–Crippen LogP) is 15.6. The smallest absolute Gasteiger partial charge is 0.306 e. The molecule has 5 nitrogen and oxygen atoms in total. The zero-order chi connectivity index (χ0) is 40.7. The minimum absolute atomic E-state index is 0.0625. The number of carbonyl (C=O) groups is 2. The van der Waals surface area contributed by atoms with Crippen LogP contribution >= 0.6 is 0 Å². The van der Waals surface area contributed by atoms with Crippen molar-refractivity contribution in [1.82, 2.24) is 0 Å². The molecule has 0 aromatic heterocycles. The molecule has 56 heavy (non-hydrogen) atoms. The Morgan fingerprint density at radius 3 is 1.36 bits per heavy atom. The molecule has 0 aliphatic carbocycles. The number of allylic oxidation sites excluding steroid dienone is 12. The Morgan fingerprint density at radius 2 is 0.821 bits per heavy atom. The molecule has 0 saturated carbocycles. The van der Waals surface area contributed by atoms with Gasteiger partial charge in [-0.3, -0.25) is 9.59 Å². The van der Waals surface area contributed by atoms with Crippen LogP contribution < -0.4 is 0 Å². The average molecular weight is 781 g/mol. The van der Waals surface area contributed by atoms with Gasteiger partial charge < -0.3 is 14.2 Å². The highest BCUT2D eigenvalue weighted by Gasteiger charge is 2.17. The lowest BCUT2D eigenvalue weighted by atomic mass is 10.1. The van der Waals surface area contributed by atoms with Gasteiger partial charge in [0.25, 0.3) is 0 Å². The molecule has 0 aliphatic rings. The van der Waals surface area contributed by atoms with Crippen LogP contribution in [-0.2, 0) is 23.8 Å². The van der Waals surface area contributed by atoms with E-state index in [9.17, 15) is 9.59 Å². The lowest BCUT2D eigenvalue weighted by Gasteiger charge is -2.18. The number of esters is 2. The maximum atomic E-state index is 12.7. The van der Waals surface area contributed by atoms with Gasteiger partial charge in [-0.2, -0.15) is 0 Å². The Hall–Kier alpha value is -2.66. The minimum atomic E-state index is -0.560. The summed E-state index contributed by atoms with van der Waals surface area (Å²) in [5, 5.41) is 0. The molecule has 0 aromatic rings. The first-order valence-corrected chi connectivity index (χ1v) is 23.5. The van der Waals surface area contributed by atoms with Gasteiger partial charge in [-0.25, -0.2) is 0 Å². The molecule has 0 bridgehead atoms. The van der Waals surface area contributed by atoms with E-state index in [0.29, 0.717) is 19.4 Å². The highest BCUT2D eigenvalue weighted by Crippen LogP contribution is 2.12. The molecule has 5 heteroatoms. The molecule has 0 spiro atoms. The Morgan fingerprint density at radius 1 is 0.411 bits per heavy atom. The number of carbonyl (C=O) groups excluding carboxylic acids is 2. The van der Waals surface area contributed by atoms with Crippen LogP contribution in [-0.4, -0.2) is 37.9 Å². The summed E-state index contributed by atoms with van der Waals surface area (Å²) in [6.45, 7) is 7.57. The number of ether oxygens (including phenoxy) is 3. The number of unbranched alkanes of at least 4 members (excludes halogenated alkanes) is 19. The molecule has 0 rings (SSSR count). The van der Waals surface area contributed by atoms with Crippen molar-refractivity contribution in [2.24, 2.45) is 0 Å². The topological polar surface area (TPSA) is 61.8 Å². The van der Waals surface area contributed by atoms with Gasteiger partial charge in [0.15, 0.2) is 6.10 Å². The van der Waals surface area contributed by atoms with Gasteiger partial charge in [0.2, 0.25) is 0 Å². The third-order valence-corrected chi connectivity index (χ3v) is 9.70. The van der Waals surface area contributed by atoms with E-state index in [1.54, 1.807) is 0 Å². The SMILES string of the molecule is CC/C=C\C/C=C\C/C=C\C/C=C\CCCCCOCC(COC(=O)CCCCCCC/C=C\CCCCCC)OC(=O)CCCCCCC/C=C\CCCC. The molecule has 0 radical (unpaired) electrons. The first-order valence-electron chi connectivity index (χ1n) is 23.5. The molecule has 0 fully saturated rings. The lowest BCUT2D eigenvalue weighted by Crippen LogP contribution is -2.30. The van der Waals surface area contributed by atoms with Crippen molar-refractivity contribution in [1.29, 1.82) is 0 Å². The fourth-order valence-corrected chi connectivity index (χ4v) is 6.18. The summed E-state index contributed by atoms with van der Waals surface area (Å²) in [4.78, 5) is 25.2. The van der Waals surface area contributed by atoms with E-state index in [1.807, 2.05) is 0 Å². The van der Waals surface area contributed by atoms with Gasteiger partial charge in [-0.15, -0.1) is 0 Å². The van der Waals surface area contributed by atoms with Gasteiger partial charge in [-0.1, -0.05) is 171 Å². The third-order valence-electron chi connectivity index (χ3n) is 9.70. The van der Waals surface area contributed by atoms with E-state index < -0.39 is 6.10 Å². The van der Waals surface area contributed by atoms with Crippen LogP contribution in [0.25, 0.3) is 0 Å². The quantitative estimate of drug-likeness (QED) is 0.0351. The monoisotopic (exact) mass is 781 g/mol. The first-order chi connectivity index (χ1) is 27.6. The maximum Gasteiger partial charge on any atom is 0.306 e. The summed E-state index contributed by atoms with van der Waals surface area (Å²) >= 11 is 0. The van der Waals surface area contributed by atoms with Gasteiger partial charge in [0, 0.05) is 19.4 Å². The second-order valence-electron chi connectivity index (χ2n) is 15.3. The minimum Gasteiger partial charge on any atom is -0.462 e. The highest BCUT2D eigenvalue weighted by atomic mass is 16.6. The first kappa shape index (κ1) is 53.3. The van der Waals surface area contributed by atoms with Crippen LogP contribution in [0.3, 0.4) is 0 Å². The van der Waals surface area contributed by atoms with Gasteiger partial charge in [0.1, 0.15) is 6.61 Å². The number of hydrogen-bond acceptors (Lipinski definition) is 5. The molecular weight excluding hydrogens is 693 g/mol. The number of rotatable bonds is 42. The molecular formula is C51H88O5. The normalized spacial score (nSPS) is 12.8. The summed E-state index contributed by atoms with van der Waals surface area (Å²) in [7, 11) is 0. The van der Waals surface area contributed by atoms with Crippen LogP contribution in [0, 0.1) is 0 Å². The summed E-state index contributed by atoms with van der Waals surface area (Å²) in [6, 6.07) is 0. The average Bonchev–Trinajstić information content (AvgIpc) is 3.20. The van der Waals surface area contributed by atoms with Crippen molar-refractivity contribution in [2.75, 3.05) is 19.8 Å². The van der Waals surface area contributed by atoms with Crippen molar-refractivity contribution in [3.05, 3.63) is 72.9 Å². The van der Waals surface area contributed by atoms with Crippen molar-refractivity contribution < 1.29 is 23.8 Å². The van der Waals surface area contributed by atoms with Crippen molar-refractivity contribution in [2.45, 2.75) is 219 Å². The fourth-order valence-electron chi connectivity index (χ4n) is 6.18. The molecule has 0 aliphatic heterocycles. The third kappa shape index (κ3) is 44.1. The Bertz CT molecular complexity index is 1020. The summed E-state index contributed by atoms with van der Waals surface area (Å²) in [5.41, 5.74) is 0. The maximum absolute atomic E-state index is 12.7. The van der Waals surface area contributed by atoms with Gasteiger partial charge >= 0.3 is 11.9 Å². The lowest BCUT2D eigenvalue weighted by molar-refractivity contribution is -0.163.